The van der Waals surface area contributed by atoms with E-state index in [4.69, 9.17) is 10.6 Å². The van der Waals surface area contributed by atoms with Crippen molar-refractivity contribution in [3.05, 3.63) is 54.0 Å². The average Bonchev–Trinajstić information content (AvgIpc) is 2.51. The van der Waals surface area contributed by atoms with Gasteiger partial charge in [0.25, 0.3) is 0 Å². The van der Waals surface area contributed by atoms with Crippen LogP contribution in [0.3, 0.4) is 0 Å². The van der Waals surface area contributed by atoms with Crippen LogP contribution in [0.25, 0.3) is 0 Å². The van der Waals surface area contributed by atoms with Crippen molar-refractivity contribution in [3.63, 3.8) is 0 Å². The lowest BCUT2D eigenvalue weighted by molar-refractivity contribution is 0.163. The Morgan fingerprint density at radius 2 is 1.90 bits per heavy atom. The van der Waals surface area contributed by atoms with Crippen LogP contribution in [0.1, 0.15) is 36.6 Å². The monoisotopic (exact) mass is 284 g/mol. The summed E-state index contributed by atoms with van der Waals surface area (Å²) in [7, 11) is 1.61. The maximum Gasteiger partial charge on any atom is 0.237 e. The van der Waals surface area contributed by atoms with Gasteiger partial charge >= 0.3 is 0 Å². The molecule has 1 fully saturated rings. The molecule has 1 atom stereocenters. The lowest BCUT2D eigenvalue weighted by Crippen LogP contribution is -2.49. The van der Waals surface area contributed by atoms with Crippen LogP contribution in [-0.4, -0.2) is 17.1 Å². The molecular formula is C16H20N4O. The molecule has 110 valence electrons. The predicted octanol–water partition coefficient (Wildman–Crippen LogP) is 2.11. The van der Waals surface area contributed by atoms with Gasteiger partial charge < -0.3 is 4.74 Å². The zero-order chi connectivity index (χ0) is 14.7. The molecule has 1 aromatic heterocycles. The summed E-state index contributed by atoms with van der Waals surface area (Å²) in [5, 5.41) is 0. The Hall–Kier alpha value is -1.98. The Labute approximate surface area is 124 Å². The van der Waals surface area contributed by atoms with Gasteiger partial charge in [-0.2, -0.15) is 0 Å². The van der Waals surface area contributed by atoms with Crippen molar-refractivity contribution in [2.24, 2.45) is 5.84 Å². The van der Waals surface area contributed by atoms with E-state index in [1.165, 1.54) is 12.0 Å². The van der Waals surface area contributed by atoms with Crippen LogP contribution in [0.2, 0.25) is 0 Å². The number of nitrogens with one attached hydrogen (secondary N) is 1. The average molecular weight is 284 g/mol. The number of benzene rings is 1. The number of methoxy groups -OCH3 is 1. The first kappa shape index (κ1) is 14.0. The Kier molecular flexibility index (Phi) is 3.86. The molecule has 0 aliphatic heterocycles. The number of nitrogens with two attached hydrogens (primary N) is 1. The van der Waals surface area contributed by atoms with Crippen molar-refractivity contribution in [1.82, 2.24) is 15.4 Å². The Bertz CT molecular complexity index is 598. The van der Waals surface area contributed by atoms with E-state index >= 15 is 0 Å². The Balaban J connectivity index is 2.06. The fourth-order valence-electron chi connectivity index (χ4n) is 3.26. The molecule has 0 spiro atoms. The molecule has 1 unspecified atom stereocenters. The maximum atomic E-state index is 5.89. The van der Waals surface area contributed by atoms with E-state index in [2.05, 4.69) is 39.7 Å². The first-order valence-corrected chi connectivity index (χ1v) is 7.18. The minimum atomic E-state index is -0.114. The topological polar surface area (TPSA) is 73.1 Å². The number of nitrogens with zero attached hydrogens (tertiary/aromatic N) is 2. The first-order chi connectivity index (χ1) is 10.3. The normalized spacial score (nSPS) is 17.8. The first-order valence-electron chi connectivity index (χ1n) is 7.18. The number of hydrazine groups is 1. The summed E-state index contributed by atoms with van der Waals surface area (Å²) in [4.78, 5) is 8.72. The quantitative estimate of drug-likeness (QED) is 0.650. The van der Waals surface area contributed by atoms with Gasteiger partial charge in [0, 0.05) is 17.8 Å². The molecule has 1 heterocycles. The molecule has 1 aliphatic carbocycles. The van der Waals surface area contributed by atoms with Crippen LogP contribution in [0.5, 0.6) is 5.88 Å². The van der Waals surface area contributed by atoms with Crippen molar-refractivity contribution in [2.45, 2.75) is 30.7 Å². The largest absolute Gasteiger partial charge is 0.480 e. The number of hydrogen-bond acceptors (Lipinski definition) is 5. The standard InChI is InChI=1S/C16H20N4O/c1-21-15-13(18-10-11-19-15)14(20-17)16(8-5-9-16)12-6-3-2-4-7-12/h2-4,6-7,10-11,14,20H,5,8-9,17H2,1H3. The summed E-state index contributed by atoms with van der Waals surface area (Å²) in [6.45, 7) is 0. The highest BCUT2D eigenvalue weighted by Gasteiger charge is 2.47. The fraction of sp³-hybridized carbons (Fsp3) is 0.375. The molecule has 1 saturated carbocycles. The van der Waals surface area contributed by atoms with Crippen molar-refractivity contribution in [3.8, 4) is 5.88 Å². The van der Waals surface area contributed by atoms with Gasteiger partial charge in [-0.3, -0.25) is 16.3 Å². The summed E-state index contributed by atoms with van der Waals surface area (Å²) in [5.74, 6) is 6.42. The van der Waals surface area contributed by atoms with E-state index in [9.17, 15) is 0 Å². The summed E-state index contributed by atoms with van der Waals surface area (Å²) in [5.41, 5.74) is 4.96. The second kappa shape index (κ2) is 5.79. The maximum absolute atomic E-state index is 5.89. The minimum Gasteiger partial charge on any atom is -0.480 e. The van der Waals surface area contributed by atoms with Gasteiger partial charge in [0.15, 0.2) is 0 Å². The van der Waals surface area contributed by atoms with Crippen LogP contribution in [0.15, 0.2) is 42.7 Å². The van der Waals surface area contributed by atoms with Crippen LogP contribution in [0, 0.1) is 0 Å². The van der Waals surface area contributed by atoms with Crippen molar-refractivity contribution in [2.75, 3.05) is 7.11 Å². The second-order valence-electron chi connectivity index (χ2n) is 5.43. The molecule has 0 bridgehead atoms. The molecular weight excluding hydrogens is 264 g/mol. The van der Waals surface area contributed by atoms with Gasteiger partial charge in [-0.05, 0) is 18.4 Å². The highest BCUT2D eigenvalue weighted by atomic mass is 16.5. The summed E-state index contributed by atoms with van der Waals surface area (Å²) >= 11 is 0. The Morgan fingerprint density at radius 1 is 1.19 bits per heavy atom. The zero-order valence-electron chi connectivity index (χ0n) is 12.1. The second-order valence-corrected chi connectivity index (χ2v) is 5.43. The fourth-order valence-corrected chi connectivity index (χ4v) is 3.26. The zero-order valence-corrected chi connectivity index (χ0v) is 12.1. The third-order valence-electron chi connectivity index (χ3n) is 4.47. The third kappa shape index (κ3) is 2.28. The van der Waals surface area contributed by atoms with Gasteiger partial charge in [0.1, 0.15) is 5.69 Å². The van der Waals surface area contributed by atoms with Gasteiger partial charge in [0.05, 0.1) is 13.2 Å². The molecule has 2 aromatic rings. The summed E-state index contributed by atoms with van der Waals surface area (Å²) in [6, 6.07) is 10.4. The summed E-state index contributed by atoms with van der Waals surface area (Å²) in [6.07, 6.45) is 6.65. The third-order valence-corrected chi connectivity index (χ3v) is 4.47. The summed E-state index contributed by atoms with van der Waals surface area (Å²) < 4.78 is 5.36. The lowest BCUT2D eigenvalue weighted by atomic mass is 9.59. The minimum absolute atomic E-state index is 0.0423. The van der Waals surface area contributed by atoms with Gasteiger partial charge in [0.2, 0.25) is 5.88 Å². The number of rotatable bonds is 5. The van der Waals surface area contributed by atoms with Crippen LogP contribution in [0.4, 0.5) is 0 Å². The molecule has 0 saturated heterocycles. The van der Waals surface area contributed by atoms with E-state index in [1.54, 1.807) is 19.5 Å². The molecule has 21 heavy (non-hydrogen) atoms. The molecule has 0 radical (unpaired) electrons. The van der Waals surface area contributed by atoms with E-state index in [0.29, 0.717) is 5.88 Å². The molecule has 5 nitrogen and oxygen atoms in total. The number of hydrogen-bond donors (Lipinski definition) is 2. The van der Waals surface area contributed by atoms with E-state index in [1.807, 2.05) is 6.07 Å². The smallest absolute Gasteiger partial charge is 0.237 e. The highest BCUT2D eigenvalue weighted by molar-refractivity contribution is 5.36. The van der Waals surface area contributed by atoms with E-state index < -0.39 is 0 Å². The molecule has 0 amide bonds. The van der Waals surface area contributed by atoms with E-state index in [-0.39, 0.29) is 11.5 Å². The van der Waals surface area contributed by atoms with E-state index in [0.717, 1.165) is 18.5 Å². The van der Waals surface area contributed by atoms with Gasteiger partial charge in [-0.1, -0.05) is 36.8 Å². The SMILES string of the molecule is COc1nccnc1C(NN)C1(c2ccccc2)CCC1. The van der Waals surface area contributed by atoms with Crippen molar-refractivity contribution in [1.29, 1.82) is 0 Å². The predicted molar refractivity (Wildman–Crippen MR) is 80.6 cm³/mol. The molecule has 1 aromatic carbocycles. The van der Waals surface area contributed by atoms with Gasteiger partial charge in [-0.15, -0.1) is 0 Å². The Morgan fingerprint density at radius 3 is 2.48 bits per heavy atom. The van der Waals surface area contributed by atoms with Crippen molar-refractivity contribution >= 4 is 0 Å². The molecule has 3 N–H and O–H groups in total. The molecule has 3 rings (SSSR count). The van der Waals surface area contributed by atoms with Crippen LogP contribution in [-0.2, 0) is 5.41 Å². The molecule has 1 aliphatic rings. The lowest BCUT2D eigenvalue weighted by Gasteiger charge is -2.47. The molecule has 5 heteroatoms. The van der Waals surface area contributed by atoms with Gasteiger partial charge in [-0.25, -0.2) is 4.98 Å². The number of ether oxygens (including phenoxy) is 1. The highest BCUT2D eigenvalue weighted by Crippen LogP contribution is 2.52. The number of aromatic nitrogens is 2. The van der Waals surface area contributed by atoms with Crippen molar-refractivity contribution < 1.29 is 4.74 Å². The van der Waals surface area contributed by atoms with Crippen LogP contribution >= 0.6 is 0 Å². The van der Waals surface area contributed by atoms with Crippen LogP contribution < -0.4 is 16.0 Å².